The molecule has 0 aliphatic carbocycles. The summed E-state index contributed by atoms with van der Waals surface area (Å²) in [6.45, 7) is 0. The Morgan fingerprint density at radius 3 is 1.70 bits per heavy atom. The third-order valence-electron chi connectivity index (χ3n) is 11.9. The third kappa shape index (κ3) is 5.14. The van der Waals surface area contributed by atoms with Gasteiger partial charge in [-0.2, -0.15) is 0 Å². The molecule has 56 heavy (non-hydrogen) atoms. The summed E-state index contributed by atoms with van der Waals surface area (Å²) in [5, 5.41) is 13.1. The molecular formula is C52H37NSSi2. The Bertz CT molecular complexity index is 2860. The first-order valence-corrected chi connectivity index (χ1v) is 23.9. The van der Waals surface area contributed by atoms with Crippen molar-refractivity contribution < 1.29 is 0 Å². The molecule has 1 spiro atoms. The molecule has 0 saturated carbocycles. The van der Waals surface area contributed by atoms with Gasteiger partial charge in [0.05, 0.1) is 5.69 Å². The fourth-order valence-electron chi connectivity index (χ4n) is 9.52. The number of hydrogen-bond donors (Lipinski definition) is 0. The summed E-state index contributed by atoms with van der Waals surface area (Å²) < 4.78 is 0. The molecule has 2 aliphatic heterocycles. The van der Waals surface area contributed by atoms with Crippen LogP contribution in [0.3, 0.4) is 0 Å². The van der Waals surface area contributed by atoms with Gasteiger partial charge < -0.3 is 4.90 Å². The quantitative estimate of drug-likeness (QED) is 0.162. The van der Waals surface area contributed by atoms with Crippen molar-refractivity contribution in [2.75, 3.05) is 4.90 Å². The lowest BCUT2D eigenvalue weighted by atomic mass is 10.0. The van der Waals surface area contributed by atoms with Crippen molar-refractivity contribution in [2.45, 2.75) is 9.79 Å². The number of hydrogen-bond acceptors (Lipinski definition) is 2. The smallest absolute Gasteiger partial charge is 0.181 e. The van der Waals surface area contributed by atoms with Crippen molar-refractivity contribution in [3.05, 3.63) is 218 Å². The SMILES string of the molecule is c1ccc(-c2ccc(N(c3ccc4c(c3)[SiH](c3ccccc3)c3ccccc3[Si]43c4ccccc4Sc4ccccc43)c3cccc4ccccc34)cc2)cc1. The van der Waals surface area contributed by atoms with Crippen molar-refractivity contribution in [1.82, 2.24) is 0 Å². The first kappa shape index (κ1) is 33.2. The summed E-state index contributed by atoms with van der Waals surface area (Å²) in [5.41, 5.74) is 5.96. The minimum Gasteiger partial charge on any atom is -0.310 e. The maximum Gasteiger partial charge on any atom is 0.181 e. The molecule has 2 heterocycles. The van der Waals surface area contributed by atoms with E-state index in [0.29, 0.717) is 0 Å². The number of benzene rings is 9. The highest BCUT2D eigenvalue weighted by Crippen LogP contribution is 2.40. The number of nitrogens with zero attached hydrogens (tertiary/aromatic N) is 1. The van der Waals surface area contributed by atoms with Gasteiger partial charge in [0, 0.05) is 26.6 Å². The summed E-state index contributed by atoms with van der Waals surface area (Å²) >= 11 is 1.94. The molecule has 2 aliphatic rings. The minimum absolute atomic E-state index is 1.15. The van der Waals surface area contributed by atoms with Crippen LogP contribution in [0.25, 0.3) is 21.9 Å². The van der Waals surface area contributed by atoms with Crippen molar-refractivity contribution in [3.8, 4) is 11.1 Å². The van der Waals surface area contributed by atoms with Crippen LogP contribution in [-0.2, 0) is 0 Å². The van der Waals surface area contributed by atoms with Crippen LogP contribution in [0.15, 0.2) is 228 Å². The number of rotatable bonds is 5. The van der Waals surface area contributed by atoms with Crippen LogP contribution in [0.2, 0.25) is 0 Å². The highest BCUT2D eigenvalue weighted by atomic mass is 32.2. The molecule has 1 unspecified atom stereocenters. The summed E-state index contributed by atoms with van der Waals surface area (Å²) in [7, 11) is -4.70. The maximum atomic E-state index is 2.60. The topological polar surface area (TPSA) is 3.24 Å². The zero-order valence-electron chi connectivity index (χ0n) is 30.7. The van der Waals surface area contributed by atoms with Crippen molar-refractivity contribution in [1.29, 1.82) is 0 Å². The highest BCUT2D eigenvalue weighted by Gasteiger charge is 2.52. The highest BCUT2D eigenvalue weighted by molar-refractivity contribution is 8.00. The van der Waals surface area contributed by atoms with Crippen molar-refractivity contribution >= 4 is 92.8 Å². The lowest BCUT2D eigenvalue weighted by Crippen LogP contribution is -2.87. The van der Waals surface area contributed by atoms with E-state index in [9.17, 15) is 0 Å². The molecule has 0 aromatic heterocycles. The Balaban J connectivity index is 1.21. The van der Waals surface area contributed by atoms with Gasteiger partial charge >= 0.3 is 0 Å². The van der Waals surface area contributed by atoms with E-state index in [-0.39, 0.29) is 0 Å². The summed E-state index contributed by atoms with van der Waals surface area (Å²) in [5.74, 6) is 0. The molecule has 11 rings (SSSR count). The second-order valence-electron chi connectivity index (χ2n) is 14.8. The second-order valence-corrected chi connectivity index (χ2v) is 22.3. The van der Waals surface area contributed by atoms with Crippen LogP contribution in [0.1, 0.15) is 0 Å². The second kappa shape index (κ2) is 13.5. The summed E-state index contributed by atoms with van der Waals surface area (Å²) in [4.78, 5) is 5.28. The Morgan fingerprint density at radius 1 is 0.393 bits per heavy atom. The Kier molecular flexibility index (Phi) is 8.02. The average Bonchev–Trinajstić information content (AvgIpc) is 3.27. The van der Waals surface area contributed by atoms with Crippen LogP contribution in [0, 0.1) is 0 Å². The lowest BCUT2D eigenvalue weighted by molar-refractivity contribution is 1.30. The van der Waals surface area contributed by atoms with E-state index in [0.717, 1.165) is 5.69 Å². The predicted octanol–water partition coefficient (Wildman–Crippen LogP) is 8.38. The van der Waals surface area contributed by atoms with E-state index in [1.54, 1.807) is 10.4 Å². The average molecular weight is 764 g/mol. The van der Waals surface area contributed by atoms with Crippen molar-refractivity contribution in [2.24, 2.45) is 0 Å². The fourth-order valence-corrected chi connectivity index (χ4v) is 21.9. The maximum absolute atomic E-state index is 2.74. The Morgan fingerprint density at radius 2 is 0.946 bits per heavy atom. The van der Waals surface area contributed by atoms with E-state index in [1.165, 1.54) is 69.0 Å². The van der Waals surface area contributed by atoms with E-state index in [2.05, 4.69) is 223 Å². The molecule has 0 bridgehead atoms. The molecule has 0 amide bonds. The Labute approximate surface area is 335 Å². The van der Waals surface area contributed by atoms with E-state index >= 15 is 0 Å². The summed E-state index contributed by atoms with van der Waals surface area (Å²) in [6.07, 6.45) is 0. The molecule has 0 N–H and O–H groups in total. The number of anilines is 3. The minimum atomic E-state index is -2.74. The molecule has 1 nitrogen and oxygen atoms in total. The molecule has 4 heteroatoms. The molecule has 9 aromatic rings. The van der Waals surface area contributed by atoms with Crippen LogP contribution < -0.4 is 41.2 Å². The van der Waals surface area contributed by atoms with Gasteiger partial charge in [-0.3, -0.25) is 0 Å². The van der Waals surface area contributed by atoms with E-state index in [4.69, 9.17) is 0 Å². The lowest BCUT2D eigenvalue weighted by Gasteiger charge is -2.46. The van der Waals surface area contributed by atoms with Gasteiger partial charge in [-0.25, -0.2) is 0 Å². The first-order valence-electron chi connectivity index (χ1n) is 19.4. The largest absolute Gasteiger partial charge is 0.310 e. The van der Waals surface area contributed by atoms with Gasteiger partial charge in [-0.05, 0) is 79.7 Å². The van der Waals surface area contributed by atoms with Gasteiger partial charge in [-0.1, -0.05) is 203 Å². The van der Waals surface area contributed by atoms with E-state index in [1.807, 2.05) is 11.8 Å². The standard InChI is InChI=1S/C52H37NSSi2/c1-3-16-37(17-4-1)38-30-32-40(33-31-38)53(44-23-15-19-39-18-7-8-22-43(39)44)41-34-35-52-48(36-41)55(42-20-5-2-6-21-42)47-26-11-14-29-51(47)56(52)49-27-12-9-24-45(49)54-46-25-10-13-28-50(46)56/h1-36,55H. The zero-order valence-corrected chi connectivity index (χ0v) is 33.7. The van der Waals surface area contributed by atoms with Gasteiger partial charge in [-0.15, -0.1) is 0 Å². The molecular weight excluding hydrogens is 727 g/mol. The van der Waals surface area contributed by atoms with E-state index < -0.39 is 16.9 Å². The molecule has 9 aromatic carbocycles. The predicted molar refractivity (Wildman–Crippen MR) is 244 cm³/mol. The van der Waals surface area contributed by atoms with Gasteiger partial charge in [0.25, 0.3) is 0 Å². The molecule has 264 valence electrons. The normalized spacial score (nSPS) is 14.7. The molecule has 1 atom stereocenters. The van der Waals surface area contributed by atoms with Crippen LogP contribution in [0.5, 0.6) is 0 Å². The third-order valence-corrected chi connectivity index (χ3v) is 22.2. The molecule has 0 radical (unpaired) electrons. The van der Waals surface area contributed by atoms with Crippen LogP contribution in [-0.4, -0.2) is 16.9 Å². The van der Waals surface area contributed by atoms with Crippen molar-refractivity contribution in [3.63, 3.8) is 0 Å². The first-order chi connectivity index (χ1) is 27.8. The monoisotopic (exact) mass is 763 g/mol. The fraction of sp³-hybridized carbons (Fsp3) is 0. The van der Waals surface area contributed by atoms with Crippen LogP contribution in [0.4, 0.5) is 17.1 Å². The molecule has 0 saturated heterocycles. The zero-order chi connectivity index (χ0) is 37.1. The van der Waals surface area contributed by atoms with Gasteiger partial charge in [0.2, 0.25) is 0 Å². The van der Waals surface area contributed by atoms with Gasteiger partial charge in [0.1, 0.15) is 8.80 Å². The number of fused-ring (bicyclic) bond motifs is 9. The van der Waals surface area contributed by atoms with Crippen LogP contribution >= 0.6 is 11.8 Å². The Hall–Kier alpha value is -6.18. The summed E-state index contributed by atoms with van der Waals surface area (Å²) in [6, 6.07) is 82.4. The van der Waals surface area contributed by atoms with Gasteiger partial charge in [0.15, 0.2) is 8.07 Å². The molecule has 0 fully saturated rings.